The molecule has 1 aliphatic heterocycles. The van der Waals surface area contributed by atoms with E-state index < -0.39 is 0 Å². The monoisotopic (exact) mass is 194 g/mol. The van der Waals surface area contributed by atoms with Gasteiger partial charge in [-0.3, -0.25) is 0 Å². The Morgan fingerprint density at radius 2 is 1.86 bits per heavy atom. The number of hydrogen-bond donors (Lipinski definition) is 0. The largest absolute Gasteiger partial charge is 0.436 e. The van der Waals surface area contributed by atoms with Crippen molar-refractivity contribution in [3.8, 4) is 0 Å². The molecule has 0 amide bonds. The summed E-state index contributed by atoms with van der Waals surface area (Å²) in [5.74, 6) is 2.69. The SMILES string of the molecule is CC(C)COB1CC2CCCC(C1)C2. The minimum absolute atomic E-state index is 0.599. The molecule has 0 aromatic heterocycles. The Balaban J connectivity index is 1.77. The summed E-state index contributed by atoms with van der Waals surface area (Å²) < 4.78 is 5.98. The molecule has 0 aromatic carbocycles. The van der Waals surface area contributed by atoms with E-state index in [1.165, 1.54) is 38.3 Å². The van der Waals surface area contributed by atoms with Crippen LogP contribution in [0.4, 0.5) is 0 Å². The van der Waals surface area contributed by atoms with E-state index in [1.807, 2.05) is 0 Å². The van der Waals surface area contributed by atoms with Crippen molar-refractivity contribution in [1.82, 2.24) is 0 Å². The molecule has 1 nitrogen and oxygen atoms in total. The van der Waals surface area contributed by atoms with Crippen LogP contribution in [0.2, 0.25) is 12.6 Å². The summed E-state index contributed by atoms with van der Waals surface area (Å²) >= 11 is 0. The molecule has 2 bridgehead atoms. The van der Waals surface area contributed by atoms with Gasteiger partial charge < -0.3 is 4.65 Å². The summed E-state index contributed by atoms with van der Waals surface area (Å²) in [5, 5.41) is 0. The van der Waals surface area contributed by atoms with Gasteiger partial charge in [0.1, 0.15) is 0 Å². The van der Waals surface area contributed by atoms with Crippen LogP contribution < -0.4 is 0 Å². The zero-order valence-electron chi connectivity index (χ0n) is 9.67. The summed E-state index contributed by atoms with van der Waals surface area (Å²) in [6, 6.07) is 0. The number of fused-ring (bicyclic) bond motifs is 2. The van der Waals surface area contributed by atoms with Gasteiger partial charge in [0.2, 0.25) is 0 Å². The van der Waals surface area contributed by atoms with Gasteiger partial charge in [0.15, 0.2) is 0 Å². The molecule has 0 radical (unpaired) electrons. The van der Waals surface area contributed by atoms with Crippen LogP contribution in [-0.2, 0) is 4.65 Å². The van der Waals surface area contributed by atoms with E-state index in [4.69, 9.17) is 4.65 Å². The zero-order chi connectivity index (χ0) is 9.97. The van der Waals surface area contributed by atoms with E-state index in [0.717, 1.165) is 18.4 Å². The minimum atomic E-state index is 0.599. The first kappa shape index (κ1) is 10.5. The van der Waals surface area contributed by atoms with Crippen molar-refractivity contribution in [3.63, 3.8) is 0 Å². The molecule has 2 aliphatic rings. The van der Waals surface area contributed by atoms with Gasteiger partial charge in [-0.2, -0.15) is 0 Å². The van der Waals surface area contributed by atoms with Crippen LogP contribution >= 0.6 is 0 Å². The highest BCUT2D eigenvalue weighted by Gasteiger charge is 2.34. The van der Waals surface area contributed by atoms with Crippen molar-refractivity contribution >= 4 is 6.92 Å². The van der Waals surface area contributed by atoms with Crippen LogP contribution in [-0.4, -0.2) is 13.5 Å². The quantitative estimate of drug-likeness (QED) is 0.625. The molecular weight excluding hydrogens is 171 g/mol. The van der Waals surface area contributed by atoms with Gasteiger partial charge in [0.05, 0.1) is 0 Å². The zero-order valence-corrected chi connectivity index (χ0v) is 9.67. The third-order valence-electron chi connectivity index (χ3n) is 3.75. The van der Waals surface area contributed by atoms with Crippen LogP contribution in [0.5, 0.6) is 0 Å². The molecule has 0 aromatic rings. The van der Waals surface area contributed by atoms with Crippen molar-refractivity contribution in [2.75, 3.05) is 6.61 Å². The highest BCUT2D eigenvalue weighted by Crippen LogP contribution is 2.40. The van der Waals surface area contributed by atoms with Crippen molar-refractivity contribution < 1.29 is 4.65 Å². The summed E-state index contributed by atoms with van der Waals surface area (Å²) in [5.41, 5.74) is 0. The normalized spacial score (nSPS) is 32.4. The number of rotatable bonds is 3. The highest BCUT2D eigenvalue weighted by atomic mass is 16.4. The molecular formula is C12H23BO. The Morgan fingerprint density at radius 3 is 2.43 bits per heavy atom. The maximum atomic E-state index is 5.98. The fraction of sp³-hybridized carbons (Fsp3) is 1.00. The highest BCUT2D eigenvalue weighted by molar-refractivity contribution is 6.52. The summed E-state index contributed by atoms with van der Waals surface area (Å²) in [7, 11) is 0. The summed E-state index contributed by atoms with van der Waals surface area (Å²) in [6.07, 6.45) is 8.62. The first-order valence-electron chi connectivity index (χ1n) is 6.35. The van der Waals surface area contributed by atoms with Crippen LogP contribution in [0.3, 0.4) is 0 Å². The lowest BCUT2D eigenvalue weighted by molar-refractivity contribution is 0.220. The van der Waals surface area contributed by atoms with Gasteiger partial charge in [0.25, 0.3) is 6.92 Å². The Labute approximate surface area is 88.7 Å². The molecule has 1 saturated carbocycles. The molecule has 1 heterocycles. The van der Waals surface area contributed by atoms with Gasteiger partial charge in [-0.05, 0) is 36.8 Å². The van der Waals surface area contributed by atoms with Crippen LogP contribution in [0, 0.1) is 17.8 Å². The van der Waals surface area contributed by atoms with E-state index in [-0.39, 0.29) is 0 Å². The minimum Gasteiger partial charge on any atom is -0.436 e. The van der Waals surface area contributed by atoms with E-state index in [0.29, 0.717) is 12.8 Å². The molecule has 2 unspecified atom stereocenters. The Bertz CT molecular complexity index is 169. The second kappa shape index (κ2) is 4.70. The Morgan fingerprint density at radius 1 is 1.21 bits per heavy atom. The molecule has 14 heavy (non-hydrogen) atoms. The molecule has 80 valence electrons. The molecule has 2 rings (SSSR count). The average molecular weight is 194 g/mol. The lowest BCUT2D eigenvalue weighted by atomic mass is 9.47. The molecule has 0 spiro atoms. The lowest BCUT2D eigenvalue weighted by Crippen LogP contribution is -2.34. The predicted molar refractivity (Wildman–Crippen MR) is 61.6 cm³/mol. The smallest absolute Gasteiger partial charge is 0.293 e. The van der Waals surface area contributed by atoms with E-state index in [1.54, 1.807) is 0 Å². The van der Waals surface area contributed by atoms with Crippen molar-refractivity contribution in [1.29, 1.82) is 0 Å². The topological polar surface area (TPSA) is 9.23 Å². The fourth-order valence-corrected chi connectivity index (χ4v) is 3.13. The fourth-order valence-electron chi connectivity index (χ4n) is 3.13. The van der Waals surface area contributed by atoms with Crippen LogP contribution in [0.1, 0.15) is 39.5 Å². The van der Waals surface area contributed by atoms with Crippen LogP contribution in [0.25, 0.3) is 0 Å². The maximum Gasteiger partial charge on any atom is 0.293 e. The average Bonchev–Trinajstić information content (AvgIpc) is 2.14. The Kier molecular flexibility index (Phi) is 3.54. The second-order valence-corrected chi connectivity index (χ2v) is 5.72. The first-order valence-corrected chi connectivity index (χ1v) is 6.35. The lowest BCUT2D eigenvalue weighted by Gasteiger charge is -2.37. The van der Waals surface area contributed by atoms with Gasteiger partial charge in [-0.1, -0.05) is 33.1 Å². The second-order valence-electron chi connectivity index (χ2n) is 5.72. The van der Waals surface area contributed by atoms with E-state index in [2.05, 4.69) is 13.8 Å². The summed E-state index contributed by atoms with van der Waals surface area (Å²) in [6.45, 7) is 6.04. The van der Waals surface area contributed by atoms with E-state index >= 15 is 0 Å². The van der Waals surface area contributed by atoms with Crippen LogP contribution in [0.15, 0.2) is 0 Å². The van der Waals surface area contributed by atoms with E-state index in [9.17, 15) is 0 Å². The van der Waals surface area contributed by atoms with Crippen molar-refractivity contribution in [2.24, 2.45) is 17.8 Å². The van der Waals surface area contributed by atoms with Gasteiger partial charge in [-0.25, -0.2) is 0 Å². The standard InChI is InChI=1S/C12H23BO/c1-10(2)9-14-13-7-11-4-3-5-12(6-11)8-13/h10-12H,3-9H2,1-2H3. The third kappa shape index (κ3) is 2.76. The molecule has 1 saturated heterocycles. The van der Waals surface area contributed by atoms with Gasteiger partial charge >= 0.3 is 0 Å². The molecule has 2 heteroatoms. The molecule has 2 atom stereocenters. The van der Waals surface area contributed by atoms with Gasteiger partial charge in [-0.15, -0.1) is 0 Å². The maximum absolute atomic E-state index is 5.98. The Hall–Kier alpha value is 0.0249. The number of hydrogen-bond acceptors (Lipinski definition) is 1. The summed E-state index contributed by atoms with van der Waals surface area (Å²) in [4.78, 5) is 0. The predicted octanol–water partition coefficient (Wildman–Crippen LogP) is 3.47. The molecule has 2 fully saturated rings. The molecule has 0 N–H and O–H groups in total. The van der Waals surface area contributed by atoms with Gasteiger partial charge in [0, 0.05) is 6.61 Å². The molecule has 1 aliphatic carbocycles. The third-order valence-corrected chi connectivity index (χ3v) is 3.75. The first-order chi connectivity index (χ1) is 6.74. The van der Waals surface area contributed by atoms with Crippen molar-refractivity contribution in [2.45, 2.75) is 52.2 Å². The van der Waals surface area contributed by atoms with Crippen molar-refractivity contribution in [3.05, 3.63) is 0 Å².